The van der Waals surface area contributed by atoms with Crippen molar-refractivity contribution in [1.29, 1.82) is 0 Å². The predicted molar refractivity (Wildman–Crippen MR) is 42.8 cm³/mol. The molecular formula is C9H9FO2. The topological polar surface area (TPSA) is 37.3 Å². The van der Waals surface area contributed by atoms with Gasteiger partial charge in [-0.05, 0) is 25.0 Å². The maximum atomic E-state index is 13.1. The standard InChI is InChI=1S/C9H9FO2/c1-5-3-4-6(2)8(10)7(5)9(11)12/h3-4H,1-2H3,(H,11,12). The number of carbonyl (C=O) groups is 1. The molecule has 0 atom stereocenters. The highest BCUT2D eigenvalue weighted by atomic mass is 19.1. The summed E-state index contributed by atoms with van der Waals surface area (Å²) in [6.45, 7) is 3.12. The molecule has 2 nitrogen and oxygen atoms in total. The van der Waals surface area contributed by atoms with Gasteiger partial charge in [0.25, 0.3) is 0 Å². The first-order valence-electron chi connectivity index (χ1n) is 3.53. The smallest absolute Gasteiger partial charge is 0.338 e. The zero-order chi connectivity index (χ0) is 9.30. The molecule has 1 rings (SSSR count). The fourth-order valence-electron chi connectivity index (χ4n) is 1.04. The van der Waals surface area contributed by atoms with E-state index in [9.17, 15) is 9.18 Å². The van der Waals surface area contributed by atoms with Gasteiger partial charge >= 0.3 is 5.97 Å². The minimum Gasteiger partial charge on any atom is -0.478 e. The SMILES string of the molecule is Cc1ccc(C)c(C(=O)O)c1F. The Hall–Kier alpha value is -1.38. The van der Waals surface area contributed by atoms with E-state index in [1.165, 1.54) is 0 Å². The van der Waals surface area contributed by atoms with Crippen LogP contribution >= 0.6 is 0 Å². The van der Waals surface area contributed by atoms with Crippen molar-refractivity contribution in [2.24, 2.45) is 0 Å². The molecule has 1 aromatic rings. The van der Waals surface area contributed by atoms with Gasteiger partial charge in [0.2, 0.25) is 0 Å². The summed E-state index contributed by atoms with van der Waals surface area (Å²) in [5.74, 6) is -1.85. The molecule has 0 saturated heterocycles. The van der Waals surface area contributed by atoms with Crippen molar-refractivity contribution in [1.82, 2.24) is 0 Å². The Kier molecular flexibility index (Phi) is 2.13. The zero-order valence-corrected chi connectivity index (χ0v) is 6.89. The summed E-state index contributed by atoms with van der Waals surface area (Å²) in [5, 5.41) is 8.63. The lowest BCUT2D eigenvalue weighted by molar-refractivity contribution is 0.0691. The number of aromatic carboxylic acids is 1. The number of hydrogen-bond donors (Lipinski definition) is 1. The Morgan fingerprint density at radius 3 is 2.25 bits per heavy atom. The van der Waals surface area contributed by atoms with E-state index in [0.717, 1.165) is 0 Å². The first-order valence-corrected chi connectivity index (χ1v) is 3.53. The van der Waals surface area contributed by atoms with E-state index < -0.39 is 11.8 Å². The van der Waals surface area contributed by atoms with E-state index in [2.05, 4.69) is 0 Å². The molecule has 0 amide bonds. The third-order valence-corrected chi connectivity index (χ3v) is 1.76. The van der Waals surface area contributed by atoms with Crippen LogP contribution in [0.15, 0.2) is 12.1 Å². The minimum absolute atomic E-state index is 0.227. The monoisotopic (exact) mass is 168 g/mol. The molecule has 1 N–H and O–H groups in total. The van der Waals surface area contributed by atoms with Crippen molar-refractivity contribution in [2.45, 2.75) is 13.8 Å². The second-order valence-electron chi connectivity index (χ2n) is 2.69. The first kappa shape index (κ1) is 8.71. The Morgan fingerprint density at radius 1 is 1.33 bits per heavy atom. The molecule has 0 spiro atoms. The number of halogens is 1. The molecule has 0 unspecified atom stereocenters. The summed E-state index contributed by atoms with van der Waals surface area (Å²) in [5.41, 5.74) is 0.582. The number of benzene rings is 1. The third kappa shape index (κ3) is 1.30. The van der Waals surface area contributed by atoms with E-state index >= 15 is 0 Å². The van der Waals surface area contributed by atoms with Gasteiger partial charge in [-0.15, -0.1) is 0 Å². The van der Waals surface area contributed by atoms with Crippen LogP contribution in [0.1, 0.15) is 21.5 Å². The highest BCUT2D eigenvalue weighted by Crippen LogP contribution is 2.16. The van der Waals surface area contributed by atoms with E-state index in [1.54, 1.807) is 26.0 Å². The Labute approximate surface area is 69.6 Å². The maximum Gasteiger partial charge on any atom is 0.338 e. The van der Waals surface area contributed by atoms with Crippen molar-refractivity contribution >= 4 is 5.97 Å². The van der Waals surface area contributed by atoms with E-state index in [4.69, 9.17) is 5.11 Å². The van der Waals surface area contributed by atoms with Gasteiger partial charge in [-0.25, -0.2) is 9.18 Å². The molecule has 12 heavy (non-hydrogen) atoms. The lowest BCUT2D eigenvalue weighted by Gasteiger charge is -2.03. The van der Waals surface area contributed by atoms with Gasteiger partial charge in [0.1, 0.15) is 5.82 Å². The predicted octanol–water partition coefficient (Wildman–Crippen LogP) is 2.14. The first-order chi connectivity index (χ1) is 5.54. The highest BCUT2D eigenvalue weighted by molar-refractivity contribution is 5.89. The molecule has 0 aliphatic heterocycles. The number of aryl methyl sites for hydroxylation is 2. The Bertz CT molecular complexity index is 332. The molecule has 0 aliphatic rings. The fraction of sp³-hybridized carbons (Fsp3) is 0.222. The number of carboxylic acid groups (broad SMARTS) is 1. The fourth-order valence-corrected chi connectivity index (χ4v) is 1.04. The van der Waals surface area contributed by atoms with Crippen molar-refractivity contribution in [3.8, 4) is 0 Å². The average molecular weight is 168 g/mol. The number of hydrogen-bond acceptors (Lipinski definition) is 1. The van der Waals surface area contributed by atoms with E-state index in [1.807, 2.05) is 0 Å². The molecule has 0 fully saturated rings. The van der Waals surface area contributed by atoms with Crippen molar-refractivity contribution < 1.29 is 14.3 Å². The average Bonchev–Trinajstić information content (AvgIpc) is 1.97. The molecule has 0 radical (unpaired) electrons. The van der Waals surface area contributed by atoms with Crippen LogP contribution in [0.5, 0.6) is 0 Å². The van der Waals surface area contributed by atoms with E-state index in [-0.39, 0.29) is 5.56 Å². The summed E-state index contributed by atoms with van der Waals surface area (Å²) >= 11 is 0. The second kappa shape index (κ2) is 2.93. The maximum absolute atomic E-state index is 13.1. The van der Waals surface area contributed by atoms with Gasteiger partial charge in [0.15, 0.2) is 0 Å². The molecule has 1 aromatic carbocycles. The molecule has 0 saturated carbocycles. The minimum atomic E-state index is -1.21. The van der Waals surface area contributed by atoms with Crippen LogP contribution in [-0.4, -0.2) is 11.1 Å². The number of carboxylic acids is 1. The van der Waals surface area contributed by atoms with Crippen molar-refractivity contribution in [3.05, 3.63) is 34.6 Å². The van der Waals surface area contributed by atoms with Crippen LogP contribution in [-0.2, 0) is 0 Å². The van der Waals surface area contributed by atoms with Crippen LogP contribution < -0.4 is 0 Å². The Balaban J connectivity index is 3.43. The zero-order valence-electron chi connectivity index (χ0n) is 6.89. The number of rotatable bonds is 1. The highest BCUT2D eigenvalue weighted by Gasteiger charge is 2.14. The summed E-state index contributed by atoms with van der Waals surface area (Å²) in [7, 11) is 0. The van der Waals surface area contributed by atoms with Crippen LogP contribution in [0.2, 0.25) is 0 Å². The van der Waals surface area contributed by atoms with Gasteiger partial charge in [0.05, 0.1) is 5.56 Å². The van der Waals surface area contributed by atoms with Gasteiger partial charge in [0, 0.05) is 0 Å². The van der Waals surface area contributed by atoms with Gasteiger partial charge < -0.3 is 5.11 Å². The lowest BCUT2D eigenvalue weighted by atomic mass is 10.1. The third-order valence-electron chi connectivity index (χ3n) is 1.76. The summed E-state index contributed by atoms with van der Waals surface area (Å²) in [6, 6.07) is 3.17. The quantitative estimate of drug-likeness (QED) is 0.697. The summed E-state index contributed by atoms with van der Waals surface area (Å²) in [4.78, 5) is 10.6. The summed E-state index contributed by atoms with van der Waals surface area (Å²) in [6.07, 6.45) is 0. The Morgan fingerprint density at radius 2 is 1.83 bits per heavy atom. The largest absolute Gasteiger partial charge is 0.478 e. The summed E-state index contributed by atoms with van der Waals surface area (Å²) < 4.78 is 13.1. The van der Waals surface area contributed by atoms with Crippen LogP contribution in [0, 0.1) is 19.7 Å². The molecule has 64 valence electrons. The molecule has 3 heteroatoms. The molecule has 0 aromatic heterocycles. The second-order valence-corrected chi connectivity index (χ2v) is 2.69. The normalized spacial score (nSPS) is 9.92. The van der Waals surface area contributed by atoms with Crippen LogP contribution in [0.25, 0.3) is 0 Å². The lowest BCUT2D eigenvalue weighted by Crippen LogP contribution is -2.04. The molecule has 0 bridgehead atoms. The molecular weight excluding hydrogens is 159 g/mol. The van der Waals surface area contributed by atoms with Gasteiger partial charge in [-0.3, -0.25) is 0 Å². The van der Waals surface area contributed by atoms with Gasteiger partial charge in [-0.2, -0.15) is 0 Å². The molecule has 0 aliphatic carbocycles. The molecule has 0 heterocycles. The van der Waals surface area contributed by atoms with Gasteiger partial charge in [-0.1, -0.05) is 12.1 Å². The van der Waals surface area contributed by atoms with E-state index in [0.29, 0.717) is 11.1 Å². The van der Waals surface area contributed by atoms with Crippen molar-refractivity contribution in [3.63, 3.8) is 0 Å². The van der Waals surface area contributed by atoms with Crippen molar-refractivity contribution in [2.75, 3.05) is 0 Å². The van der Waals surface area contributed by atoms with Crippen LogP contribution in [0.3, 0.4) is 0 Å². The van der Waals surface area contributed by atoms with Crippen LogP contribution in [0.4, 0.5) is 4.39 Å².